The highest BCUT2D eigenvalue weighted by Crippen LogP contribution is 2.25. The van der Waals surface area contributed by atoms with Crippen molar-refractivity contribution in [1.82, 2.24) is 9.78 Å². The van der Waals surface area contributed by atoms with Crippen molar-refractivity contribution in [1.29, 1.82) is 0 Å². The Morgan fingerprint density at radius 1 is 1.05 bits per heavy atom. The van der Waals surface area contributed by atoms with Crippen molar-refractivity contribution in [3.8, 4) is 16.9 Å². The highest BCUT2D eigenvalue weighted by atomic mass is 79.9. The van der Waals surface area contributed by atoms with Crippen molar-refractivity contribution in [3.05, 3.63) is 70.8 Å². The van der Waals surface area contributed by atoms with E-state index < -0.39 is 5.97 Å². The quantitative estimate of drug-likeness (QED) is 0.782. The summed E-state index contributed by atoms with van der Waals surface area (Å²) in [6, 6.07) is 18.8. The normalized spacial score (nSPS) is 10.5. The summed E-state index contributed by atoms with van der Waals surface area (Å²) in [6.07, 6.45) is 0. The summed E-state index contributed by atoms with van der Waals surface area (Å²) in [6.45, 7) is 0. The van der Waals surface area contributed by atoms with Gasteiger partial charge in [-0.15, -0.1) is 0 Å². The van der Waals surface area contributed by atoms with Crippen LogP contribution in [0, 0.1) is 0 Å². The van der Waals surface area contributed by atoms with Crippen LogP contribution in [0.5, 0.6) is 0 Å². The van der Waals surface area contributed by atoms with Crippen molar-refractivity contribution in [2.45, 2.75) is 0 Å². The van der Waals surface area contributed by atoms with Gasteiger partial charge in [0, 0.05) is 10.0 Å². The molecule has 2 aromatic carbocycles. The largest absolute Gasteiger partial charge is 0.476 e. The van der Waals surface area contributed by atoms with E-state index in [1.807, 2.05) is 54.6 Å². The molecule has 0 aliphatic carbocycles. The van der Waals surface area contributed by atoms with Crippen molar-refractivity contribution < 1.29 is 9.90 Å². The minimum Gasteiger partial charge on any atom is -0.476 e. The predicted molar refractivity (Wildman–Crippen MR) is 83.7 cm³/mol. The molecule has 0 amide bonds. The summed E-state index contributed by atoms with van der Waals surface area (Å²) < 4.78 is 2.55. The minimum atomic E-state index is -1.04. The average Bonchev–Trinajstić information content (AvgIpc) is 2.93. The van der Waals surface area contributed by atoms with E-state index in [4.69, 9.17) is 0 Å². The Hall–Kier alpha value is -2.40. The van der Waals surface area contributed by atoms with E-state index in [2.05, 4.69) is 21.0 Å². The Labute approximate surface area is 129 Å². The number of hydrogen-bond acceptors (Lipinski definition) is 2. The lowest BCUT2D eigenvalue weighted by Crippen LogP contribution is -2.02. The number of benzene rings is 2. The molecule has 0 spiro atoms. The van der Waals surface area contributed by atoms with Gasteiger partial charge in [0.1, 0.15) is 0 Å². The zero-order valence-electron chi connectivity index (χ0n) is 10.9. The molecule has 0 aliphatic heterocycles. The fourth-order valence-corrected chi connectivity index (χ4v) is 2.49. The van der Waals surface area contributed by atoms with E-state index >= 15 is 0 Å². The van der Waals surface area contributed by atoms with Crippen LogP contribution in [0.25, 0.3) is 16.9 Å². The van der Waals surface area contributed by atoms with E-state index in [1.165, 1.54) is 0 Å². The lowest BCUT2D eigenvalue weighted by molar-refractivity contribution is 0.0690. The molecule has 0 aliphatic rings. The number of hydrogen-bond donors (Lipinski definition) is 1. The molecule has 0 atom stereocenters. The zero-order chi connectivity index (χ0) is 14.8. The maximum atomic E-state index is 11.2. The smallest absolute Gasteiger partial charge is 0.356 e. The van der Waals surface area contributed by atoms with Gasteiger partial charge in [0.05, 0.1) is 11.4 Å². The predicted octanol–water partition coefficient (Wildman–Crippen LogP) is 4.00. The molecule has 5 heteroatoms. The van der Waals surface area contributed by atoms with Crippen molar-refractivity contribution in [2.24, 2.45) is 0 Å². The van der Waals surface area contributed by atoms with Crippen LogP contribution >= 0.6 is 15.9 Å². The fraction of sp³-hybridized carbons (Fsp3) is 0. The van der Waals surface area contributed by atoms with Gasteiger partial charge in [-0.3, -0.25) is 0 Å². The molecule has 1 aromatic heterocycles. The van der Waals surface area contributed by atoms with E-state index in [9.17, 15) is 9.90 Å². The number of nitrogens with zero attached hydrogens (tertiary/aromatic N) is 2. The average molecular weight is 343 g/mol. The topological polar surface area (TPSA) is 55.1 Å². The standard InChI is InChI=1S/C16H11BrN2O2/c17-12-7-4-8-13(9-12)19-15(10-14(18-19)16(20)21)11-5-2-1-3-6-11/h1-10H,(H,20,21). The van der Waals surface area contributed by atoms with Crippen LogP contribution in [-0.2, 0) is 0 Å². The summed E-state index contributed by atoms with van der Waals surface area (Å²) in [5.41, 5.74) is 2.48. The molecule has 0 unspecified atom stereocenters. The second-order valence-corrected chi connectivity index (χ2v) is 5.39. The van der Waals surface area contributed by atoms with E-state index in [-0.39, 0.29) is 5.69 Å². The van der Waals surface area contributed by atoms with Gasteiger partial charge in [-0.25, -0.2) is 9.48 Å². The Morgan fingerprint density at radius 2 is 1.81 bits per heavy atom. The second-order valence-electron chi connectivity index (χ2n) is 4.48. The maximum absolute atomic E-state index is 11.2. The number of aromatic carboxylic acids is 1. The van der Waals surface area contributed by atoms with Crippen LogP contribution in [0.3, 0.4) is 0 Å². The Morgan fingerprint density at radius 3 is 2.48 bits per heavy atom. The van der Waals surface area contributed by atoms with Gasteiger partial charge < -0.3 is 5.11 Å². The van der Waals surface area contributed by atoms with E-state index in [0.29, 0.717) is 0 Å². The molecule has 0 fully saturated rings. The highest BCUT2D eigenvalue weighted by molar-refractivity contribution is 9.10. The molecule has 104 valence electrons. The monoisotopic (exact) mass is 342 g/mol. The molecule has 4 nitrogen and oxygen atoms in total. The van der Waals surface area contributed by atoms with Crippen LogP contribution in [0.2, 0.25) is 0 Å². The third-order valence-electron chi connectivity index (χ3n) is 3.05. The first-order chi connectivity index (χ1) is 10.1. The summed E-state index contributed by atoms with van der Waals surface area (Å²) in [7, 11) is 0. The highest BCUT2D eigenvalue weighted by Gasteiger charge is 2.15. The first kappa shape index (κ1) is 13.6. The van der Waals surface area contributed by atoms with Crippen molar-refractivity contribution in [2.75, 3.05) is 0 Å². The van der Waals surface area contributed by atoms with Crippen LogP contribution < -0.4 is 0 Å². The summed E-state index contributed by atoms with van der Waals surface area (Å²) in [5.74, 6) is -1.04. The summed E-state index contributed by atoms with van der Waals surface area (Å²) >= 11 is 3.42. The van der Waals surface area contributed by atoms with Gasteiger partial charge in [0.15, 0.2) is 5.69 Å². The van der Waals surface area contributed by atoms with Gasteiger partial charge in [-0.2, -0.15) is 5.10 Å². The van der Waals surface area contributed by atoms with Crippen LogP contribution in [0.15, 0.2) is 65.1 Å². The fourth-order valence-electron chi connectivity index (χ4n) is 2.10. The summed E-state index contributed by atoms with van der Waals surface area (Å²) in [4.78, 5) is 11.2. The molecule has 1 N–H and O–H groups in total. The molecule has 1 heterocycles. The minimum absolute atomic E-state index is 0.0221. The van der Waals surface area contributed by atoms with Crippen molar-refractivity contribution >= 4 is 21.9 Å². The number of rotatable bonds is 3. The van der Waals surface area contributed by atoms with Crippen LogP contribution in [-0.4, -0.2) is 20.9 Å². The number of aromatic nitrogens is 2. The Balaban J connectivity index is 2.21. The Bertz CT molecular complexity index is 797. The number of carboxylic acid groups (broad SMARTS) is 1. The lowest BCUT2D eigenvalue weighted by Gasteiger charge is -2.07. The molecule has 0 saturated carbocycles. The van der Waals surface area contributed by atoms with Crippen LogP contribution in [0.4, 0.5) is 0 Å². The first-order valence-corrected chi connectivity index (χ1v) is 7.09. The zero-order valence-corrected chi connectivity index (χ0v) is 12.5. The number of carboxylic acids is 1. The molecular weight excluding hydrogens is 332 g/mol. The molecular formula is C16H11BrN2O2. The molecule has 0 bridgehead atoms. The number of halogens is 1. The third kappa shape index (κ3) is 2.73. The molecule has 0 radical (unpaired) electrons. The maximum Gasteiger partial charge on any atom is 0.356 e. The van der Waals surface area contributed by atoms with Gasteiger partial charge in [0.25, 0.3) is 0 Å². The van der Waals surface area contributed by atoms with E-state index in [1.54, 1.807) is 10.7 Å². The molecule has 3 aromatic rings. The molecule has 0 saturated heterocycles. The van der Waals surface area contributed by atoms with Crippen molar-refractivity contribution in [3.63, 3.8) is 0 Å². The van der Waals surface area contributed by atoms with E-state index in [0.717, 1.165) is 21.4 Å². The summed E-state index contributed by atoms with van der Waals surface area (Å²) in [5, 5.41) is 13.4. The number of carbonyl (C=O) groups is 1. The van der Waals surface area contributed by atoms with Gasteiger partial charge in [0.2, 0.25) is 0 Å². The second kappa shape index (κ2) is 5.54. The van der Waals surface area contributed by atoms with Crippen LogP contribution in [0.1, 0.15) is 10.5 Å². The van der Waals surface area contributed by atoms with Gasteiger partial charge in [-0.1, -0.05) is 52.3 Å². The van der Waals surface area contributed by atoms with Gasteiger partial charge in [-0.05, 0) is 24.3 Å². The lowest BCUT2D eigenvalue weighted by atomic mass is 10.1. The Kier molecular flexibility index (Phi) is 3.58. The molecule has 21 heavy (non-hydrogen) atoms. The third-order valence-corrected chi connectivity index (χ3v) is 3.54. The SMILES string of the molecule is O=C(O)c1cc(-c2ccccc2)n(-c2cccc(Br)c2)n1. The first-order valence-electron chi connectivity index (χ1n) is 6.30. The molecule has 3 rings (SSSR count). The van der Waals surface area contributed by atoms with Gasteiger partial charge >= 0.3 is 5.97 Å².